The van der Waals surface area contributed by atoms with Crippen LogP contribution in [-0.4, -0.2) is 12.9 Å². The van der Waals surface area contributed by atoms with E-state index in [4.69, 9.17) is 44.3 Å². The molecule has 0 aliphatic carbocycles. The maximum absolute atomic E-state index is 12.7. The van der Waals surface area contributed by atoms with Gasteiger partial charge in [0.05, 0.1) is 22.2 Å². The first kappa shape index (κ1) is 23.2. The molecule has 0 aliphatic heterocycles. The number of allylic oxidation sites excluding steroid dienone is 1. The molecule has 33 heavy (non-hydrogen) atoms. The van der Waals surface area contributed by atoms with Gasteiger partial charge < -0.3 is 9.47 Å². The lowest BCUT2D eigenvalue weighted by Gasteiger charge is -2.13. The van der Waals surface area contributed by atoms with E-state index in [2.05, 4.69) is 0 Å². The minimum Gasteiger partial charge on any atom is -0.496 e. The Morgan fingerprint density at radius 2 is 1.58 bits per heavy atom. The summed E-state index contributed by atoms with van der Waals surface area (Å²) in [6.45, 7) is 0.196. The molecule has 0 bridgehead atoms. The number of hydrogen-bond acceptors (Lipinski definition) is 3. The van der Waals surface area contributed by atoms with Gasteiger partial charge in [0.1, 0.15) is 18.1 Å². The molecule has 0 radical (unpaired) electrons. The second kappa shape index (κ2) is 10.3. The average Bonchev–Trinajstić information content (AvgIpc) is 2.83. The van der Waals surface area contributed by atoms with E-state index in [0.29, 0.717) is 32.1 Å². The van der Waals surface area contributed by atoms with Crippen molar-refractivity contribution in [3.63, 3.8) is 0 Å². The molecule has 0 saturated carbocycles. The van der Waals surface area contributed by atoms with Crippen molar-refractivity contribution in [3.05, 3.63) is 111 Å². The summed E-state index contributed by atoms with van der Waals surface area (Å²) in [5, 5.41) is 3.20. The molecule has 166 valence electrons. The van der Waals surface area contributed by atoms with Gasteiger partial charge in [0.25, 0.3) is 0 Å². The summed E-state index contributed by atoms with van der Waals surface area (Å²) < 4.78 is 11.3. The fourth-order valence-electron chi connectivity index (χ4n) is 3.40. The predicted molar refractivity (Wildman–Crippen MR) is 136 cm³/mol. The predicted octanol–water partition coefficient (Wildman–Crippen LogP) is 8.28. The first-order valence-corrected chi connectivity index (χ1v) is 11.2. The second-order valence-corrected chi connectivity index (χ2v) is 8.54. The topological polar surface area (TPSA) is 35.5 Å². The summed E-state index contributed by atoms with van der Waals surface area (Å²) in [6, 6.07) is 22.3. The first-order chi connectivity index (χ1) is 15.9. The highest BCUT2D eigenvalue weighted by Crippen LogP contribution is 2.35. The molecule has 4 aromatic rings. The van der Waals surface area contributed by atoms with Crippen LogP contribution in [0.25, 0.3) is 16.8 Å². The lowest BCUT2D eigenvalue weighted by atomic mass is 10.0. The second-order valence-electron chi connectivity index (χ2n) is 7.32. The zero-order chi connectivity index (χ0) is 23.4. The highest BCUT2D eigenvalue weighted by atomic mass is 35.5. The van der Waals surface area contributed by atoms with Gasteiger partial charge in [-0.3, -0.25) is 4.79 Å². The van der Waals surface area contributed by atoms with E-state index in [0.717, 1.165) is 21.9 Å². The number of rotatable bonds is 7. The van der Waals surface area contributed by atoms with Crippen LogP contribution in [0.15, 0.2) is 78.9 Å². The number of hydrogen-bond donors (Lipinski definition) is 0. The number of carbonyl (C=O) groups excluding carboxylic acids is 1. The van der Waals surface area contributed by atoms with E-state index in [1.807, 2.05) is 60.7 Å². The minimum absolute atomic E-state index is 0.0723. The Morgan fingerprint density at radius 1 is 0.818 bits per heavy atom. The van der Waals surface area contributed by atoms with E-state index in [1.54, 1.807) is 25.3 Å². The van der Waals surface area contributed by atoms with Crippen molar-refractivity contribution in [1.29, 1.82) is 0 Å². The minimum atomic E-state index is -0.0723. The van der Waals surface area contributed by atoms with Crippen LogP contribution in [0.1, 0.15) is 21.5 Å². The van der Waals surface area contributed by atoms with Crippen molar-refractivity contribution in [2.24, 2.45) is 0 Å². The van der Waals surface area contributed by atoms with Gasteiger partial charge in [-0.1, -0.05) is 83.3 Å². The van der Waals surface area contributed by atoms with Gasteiger partial charge in [-0.05, 0) is 46.7 Å². The van der Waals surface area contributed by atoms with E-state index in [-0.39, 0.29) is 12.4 Å². The van der Waals surface area contributed by atoms with E-state index >= 15 is 0 Å². The Hall–Kier alpha value is -2.98. The number of ketones is 1. The van der Waals surface area contributed by atoms with Crippen LogP contribution in [-0.2, 0) is 6.61 Å². The summed E-state index contributed by atoms with van der Waals surface area (Å²) in [7, 11) is 1.59. The Bertz CT molecular complexity index is 1360. The molecule has 0 amide bonds. The number of fused-ring (bicyclic) bond motifs is 1. The fraction of sp³-hybridized carbons (Fsp3) is 0.0741. The largest absolute Gasteiger partial charge is 0.496 e. The summed E-state index contributed by atoms with van der Waals surface area (Å²) in [4.78, 5) is 12.7. The van der Waals surface area contributed by atoms with Gasteiger partial charge in [-0.2, -0.15) is 0 Å². The Morgan fingerprint density at radius 3 is 2.36 bits per heavy atom. The molecule has 0 spiro atoms. The zero-order valence-corrected chi connectivity index (χ0v) is 19.9. The first-order valence-electron chi connectivity index (χ1n) is 10.1. The Labute approximate surface area is 207 Å². The maximum Gasteiger partial charge on any atom is 0.185 e. The molecule has 0 saturated heterocycles. The molecule has 0 aliphatic rings. The molecule has 6 heteroatoms. The molecule has 0 fully saturated rings. The number of ether oxygens (including phenoxy) is 2. The molecule has 0 aromatic heterocycles. The van der Waals surface area contributed by atoms with Gasteiger partial charge in [0.2, 0.25) is 0 Å². The van der Waals surface area contributed by atoms with Crippen LogP contribution in [0, 0.1) is 0 Å². The van der Waals surface area contributed by atoms with Crippen molar-refractivity contribution in [1.82, 2.24) is 0 Å². The van der Waals surface area contributed by atoms with Gasteiger partial charge in [0, 0.05) is 17.2 Å². The van der Waals surface area contributed by atoms with Crippen LogP contribution < -0.4 is 9.47 Å². The molecule has 0 N–H and O–H groups in total. The maximum atomic E-state index is 12.7. The Balaban J connectivity index is 1.52. The van der Waals surface area contributed by atoms with E-state index in [1.165, 1.54) is 6.07 Å². The summed E-state index contributed by atoms with van der Waals surface area (Å²) in [6.07, 6.45) is 3.33. The third kappa shape index (κ3) is 5.51. The highest BCUT2D eigenvalue weighted by molar-refractivity contribution is 6.43. The zero-order valence-electron chi connectivity index (χ0n) is 17.6. The summed E-state index contributed by atoms with van der Waals surface area (Å²) >= 11 is 18.3. The van der Waals surface area contributed by atoms with Crippen molar-refractivity contribution in [3.8, 4) is 11.5 Å². The molecule has 0 atom stereocenters. The lowest BCUT2D eigenvalue weighted by molar-refractivity contribution is 0.104. The third-order valence-electron chi connectivity index (χ3n) is 5.12. The lowest BCUT2D eigenvalue weighted by Crippen LogP contribution is -2.00. The SMILES string of the molecule is COc1ccc(/C=C/C(=O)c2ccc3ccccc3c2)cc1COc1cc(Cl)c(Cl)cc1Cl. The molecule has 4 rings (SSSR count). The van der Waals surface area contributed by atoms with Crippen molar-refractivity contribution < 1.29 is 14.3 Å². The van der Waals surface area contributed by atoms with E-state index in [9.17, 15) is 4.79 Å². The van der Waals surface area contributed by atoms with Crippen LogP contribution in [0.5, 0.6) is 11.5 Å². The monoisotopic (exact) mass is 496 g/mol. The van der Waals surface area contributed by atoms with Gasteiger partial charge in [-0.25, -0.2) is 0 Å². The third-order valence-corrected chi connectivity index (χ3v) is 6.14. The molecule has 4 aromatic carbocycles. The highest BCUT2D eigenvalue weighted by Gasteiger charge is 2.10. The van der Waals surface area contributed by atoms with Crippen molar-refractivity contribution >= 4 is 57.4 Å². The standard InChI is InChI=1S/C27H19Cl3O3/c1-32-26-11-7-17(12-21(26)16-33-27-15-23(29)22(28)14-24(27)30)6-10-25(31)20-9-8-18-4-2-3-5-19(18)13-20/h2-15H,16H2,1H3/b10-6+. The number of methoxy groups -OCH3 is 1. The van der Waals surface area contributed by atoms with Crippen LogP contribution in [0.3, 0.4) is 0 Å². The van der Waals surface area contributed by atoms with Gasteiger partial charge in [-0.15, -0.1) is 0 Å². The molecular formula is C27H19Cl3O3. The quantitative estimate of drug-likeness (QED) is 0.146. The van der Waals surface area contributed by atoms with Crippen molar-refractivity contribution in [2.45, 2.75) is 6.61 Å². The average molecular weight is 498 g/mol. The molecular weight excluding hydrogens is 479 g/mol. The van der Waals surface area contributed by atoms with Crippen molar-refractivity contribution in [2.75, 3.05) is 7.11 Å². The smallest absolute Gasteiger partial charge is 0.185 e. The van der Waals surface area contributed by atoms with Gasteiger partial charge >= 0.3 is 0 Å². The fourth-order valence-corrected chi connectivity index (χ4v) is 3.99. The Kier molecular flexibility index (Phi) is 7.24. The number of halogens is 3. The number of benzene rings is 4. The number of carbonyl (C=O) groups is 1. The van der Waals surface area contributed by atoms with Crippen LogP contribution in [0.2, 0.25) is 15.1 Å². The normalized spacial score (nSPS) is 11.2. The molecule has 0 heterocycles. The van der Waals surface area contributed by atoms with E-state index < -0.39 is 0 Å². The summed E-state index contributed by atoms with van der Waals surface area (Å²) in [5.41, 5.74) is 2.26. The summed E-state index contributed by atoms with van der Waals surface area (Å²) in [5.74, 6) is 1.00. The van der Waals surface area contributed by atoms with Crippen LogP contribution >= 0.6 is 34.8 Å². The van der Waals surface area contributed by atoms with Gasteiger partial charge in [0.15, 0.2) is 5.78 Å². The molecule has 0 unspecified atom stereocenters. The van der Waals surface area contributed by atoms with Crippen LogP contribution in [0.4, 0.5) is 0 Å². The molecule has 3 nitrogen and oxygen atoms in total.